The van der Waals surface area contributed by atoms with Crippen molar-refractivity contribution in [2.24, 2.45) is 5.92 Å². The number of carbonyl (C=O) groups excluding carboxylic acids is 2. The summed E-state index contributed by atoms with van der Waals surface area (Å²) < 4.78 is 14.3. The Labute approximate surface area is 174 Å². The van der Waals surface area contributed by atoms with Crippen LogP contribution >= 0.6 is 0 Å². The molecule has 9 nitrogen and oxygen atoms in total. The smallest absolute Gasteiger partial charge is 0.242 e. The summed E-state index contributed by atoms with van der Waals surface area (Å²) in [6.45, 7) is 0.847. The number of hydrogen-bond acceptors (Lipinski definition) is 6. The molecular weight excluding hydrogens is 389 g/mol. The quantitative estimate of drug-likeness (QED) is 0.505. The highest BCUT2D eigenvalue weighted by atomic mass is 19.1. The van der Waals surface area contributed by atoms with Crippen molar-refractivity contribution in [3.63, 3.8) is 0 Å². The first-order valence-electron chi connectivity index (χ1n) is 10.4. The minimum Gasteiger partial charge on any atom is -0.383 e. The van der Waals surface area contributed by atoms with Crippen LogP contribution in [0, 0.1) is 11.7 Å². The maximum Gasteiger partial charge on any atom is 0.242 e. The molecule has 0 aliphatic heterocycles. The van der Waals surface area contributed by atoms with Crippen molar-refractivity contribution in [1.29, 1.82) is 0 Å². The van der Waals surface area contributed by atoms with Gasteiger partial charge in [0.1, 0.15) is 24.7 Å². The molecule has 2 amide bonds. The third-order valence-electron chi connectivity index (χ3n) is 5.24. The molecule has 0 unspecified atom stereocenters. The zero-order valence-electron chi connectivity index (χ0n) is 16.9. The largest absolute Gasteiger partial charge is 0.383 e. The van der Waals surface area contributed by atoms with E-state index in [2.05, 4.69) is 31.5 Å². The molecular formula is C20H28FN7O2. The highest BCUT2D eigenvalue weighted by Crippen LogP contribution is 2.27. The van der Waals surface area contributed by atoms with E-state index >= 15 is 0 Å². The van der Waals surface area contributed by atoms with Gasteiger partial charge in [0, 0.05) is 18.8 Å². The van der Waals surface area contributed by atoms with Gasteiger partial charge in [0.05, 0.1) is 0 Å². The second-order valence-corrected chi connectivity index (χ2v) is 7.59. The summed E-state index contributed by atoms with van der Waals surface area (Å²) in [5.74, 6) is -0.369. The highest BCUT2D eigenvalue weighted by molar-refractivity contribution is 5.87. The van der Waals surface area contributed by atoms with Gasteiger partial charge in [0.25, 0.3) is 0 Å². The summed E-state index contributed by atoms with van der Waals surface area (Å²) in [5, 5.41) is 19.5. The minimum atomic E-state index is -0.595. The van der Waals surface area contributed by atoms with Crippen LogP contribution < -0.4 is 16.0 Å². The first kappa shape index (κ1) is 21.7. The Kier molecular flexibility index (Phi) is 8.10. The van der Waals surface area contributed by atoms with Crippen molar-refractivity contribution in [1.82, 2.24) is 30.8 Å². The third kappa shape index (κ3) is 7.09. The van der Waals surface area contributed by atoms with Gasteiger partial charge >= 0.3 is 0 Å². The molecule has 10 heteroatoms. The zero-order valence-corrected chi connectivity index (χ0v) is 16.9. The van der Waals surface area contributed by atoms with Crippen LogP contribution in [0.4, 0.5) is 10.1 Å². The van der Waals surface area contributed by atoms with Gasteiger partial charge in [-0.2, -0.15) is 0 Å². The fourth-order valence-corrected chi connectivity index (χ4v) is 3.71. The lowest BCUT2D eigenvalue weighted by Crippen LogP contribution is -2.49. The maximum absolute atomic E-state index is 13.0. The number of nitrogens with one attached hydrogen (secondary N) is 3. The Hall–Kier alpha value is -3.04. The zero-order chi connectivity index (χ0) is 21.2. The molecule has 162 valence electrons. The number of rotatable bonds is 10. The second-order valence-electron chi connectivity index (χ2n) is 7.59. The van der Waals surface area contributed by atoms with Crippen molar-refractivity contribution >= 4 is 17.5 Å². The molecule has 1 atom stereocenters. The molecule has 1 fully saturated rings. The van der Waals surface area contributed by atoms with Gasteiger partial charge in [-0.15, -0.1) is 5.10 Å². The number of anilines is 1. The molecule has 1 aromatic carbocycles. The van der Waals surface area contributed by atoms with Gasteiger partial charge < -0.3 is 16.0 Å². The summed E-state index contributed by atoms with van der Waals surface area (Å²) in [6, 6.07) is 5.44. The monoisotopic (exact) mass is 417 g/mol. The molecule has 0 saturated heterocycles. The van der Waals surface area contributed by atoms with E-state index in [1.54, 1.807) is 12.1 Å². The lowest BCUT2D eigenvalue weighted by molar-refractivity contribution is -0.129. The van der Waals surface area contributed by atoms with E-state index in [1.165, 1.54) is 42.4 Å². The van der Waals surface area contributed by atoms with E-state index in [0.717, 1.165) is 18.5 Å². The van der Waals surface area contributed by atoms with Crippen molar-refractivity contribution in [2.45, 2.75) is 51.1 Å². The minimum absolute atomic E-state index is 0.0342. The molecule has 3 rings (SSSR count). The number of tetrazole rings is 1. The topological polar surface area (TPSA) is 114 Å². The number of benzene rings is 1. The predicted molar refractivity (Wildman–Crippen MR) is 109 cm³/mol. The highest BCUT2D eigenvalue weighted by Gasteiger charge is 2.25. The molecule has 1 saturated carbocycles. The first-order chi connectivity index (χ1) is 14.6. The van der Waals surface area contributed by atoms with E-state index in [0.29, 0.717) is 25.4 Å². The number of aromatic nitrogens is 4. The fourth-order valence-electron chi connectivity index (χ4n) is 3.71. The van der Waals surface area contributed by atoms with Gasteiger partial charge in [-0.1, -0.05) is 32.1 Å². The number of hydrogen-bond donors (Lipinski definition) is 3. The normalized spacial score (nSPS) is 15.4. The van der Waals surface area contributed by atoms with Crippen LogP contribution in [0.1, 0.15) is 38.5 Å². The Morgan fingerprint density at radius 2 is 1.90 bits per heavy atom. The van der Waals surface area contributed by atoms with Crippen LogP contribution in [0.3, 0.4) is 0 Å². The van der Waals surface area contributed by atoms with Gasteiger partial charge in [0.2, 0.25) is 11.8 Å². The number of halogens is 1. The van der Waals surface area contributed by atoms with E-state index in [4.69, 9.17) is 0 Å². The van der Waals surface area contributed by atoms with Crippen molar-refractivity contribution in [3.8, 4) is 0 Å². The number of nitrogens with zero attached hydrogens (tertiary/aromatic N) is 4. The van der Waals surface area contributed by atoms with E-state index in [-0.39, 0.29) is 24.2 Å². The Morgan fingerprint density at radius 1 is 1.13 bits per heavy atom. The third-order valence-corrected chi connectivity index (χ3v) is 5.24. The van der Waals surface area contributed by atoms with Crippen LogP contribution in [0.5, 0.6) is 0 Å². The summed E-state index contributed by atoms with van der Waals surface area (Å²) in [5.41, 5.74) is 0.777. The summed E-state index contributed by atoms with van der Waals surface area (Å²) in [4.78, 5) is 25.1. The average molecular weight is 417 g/mol. The fraction of sp³-hybridized carbons (Fsp3) is 0.550. The van der Waals surface area contributed by atoms with Gasteiger partial charge in [0.15, 0.2) is 0 Å². The molecule has 0 radical (unpaired) electrons. The molecule has 1 heterocycles. The summed E-state index contributed by atoms with van der Waals surface area (Å²) in [7, 11) is 0. The van der Waals surface area contributed by atoms with E-state index < -0.39 is 6.04 Å². The van der Waals surface area contributed by atoms with Crippen LogP contribution in [0.2, 0.25) is 0 Å². The van der Waals surface area contributed by atoms with Crippen molar-refractivity contribution < 1.29 is 14.0 Å². The molecule has 1 aromatic heterocycles. The van der Waals surface area contributed by atoms with Crippen LogP contribution in [-0.4, -0.2) is 51.2 Å². The van der Waals surface area contributed by atoms with Crippen molar-refractivity contribution in [3.05, 3.63) is 36.4 Å². The number of amides is 2. The van der Waals surface area contributed by atoms with Gasteiger partial charge in [-0.25, -0.2) is 9.07 Å². The Bertz CT molecular complexity index is 792. The molecule has 1 aliphatic rings. The van der Waals surface area contributed by atoms with Gasteiger partial charge in [-0.3, -0.25) is 9.59 Å². The Morgan fingerprint density at radius 3 is 2.60 bits per heavy atom. The van der Waals surface area contributed by atoms with Crippen molar-refractivity contribution in [2.75, 3.05) is 18.4 Å². The van der Waals surface area contributed by atoms with Crippen LogP contribution in [-0.2, 0) is 16.1 Å². The van der Waals surface area contributed by atoms with E-state index in [9.17, 15) is 14.0 Å². The van der Waals surface area contributed by atoms with Gasteiger partial charge in [-0.05, 0) is 47.0 Å². The molecule has 3 N–H and O–H groups in total. The molecule has 0 bridgehead atoms. The SMILES string of the molecule is O=C(Cn1cnnn1)N[C@@H](CC1CCCCC1)C(=O)NCCNc1ccc(F)cc1. The average Bonchev–Trinajstić information content (AvgIpc) is 3.25. The molecule has 30 heavy (non-hydrogen) atoms. The first-order valence-corrected chi connectivity index (χ1v) is 10.4. The lowest BCUT2D eigenvalue weighted by atomic mass is 9.84. The number of carbonyl (C=O) groups is 2. The molecule has 2 aromatic rings. The van der Waals surface area contributed by atoms with E-state index in [1.807, 2.05) is 0 Å². The summed E-state index contributed by atoms with van der Waals surface area (Å²) >= 11 is 0. The maximum atomic E-state index is 13.0. The molecule has 1 aliphatic carbocycles. The standard InChI is InChI=1S/C20H28FN7O2/c21-16-6-8-17(9-7-16)22-10-11-23-20(30)18(12-15-4-2-1-3-5-15)25-19(29)13-28-14-24-26-27-28/h6-9,14-15,18,22H,1-5,10-13H2,(H,23,30)(H,25,29)/t18-/m0/s1. The van der Waals surface area contributed by atoms with Crippen LogP contribution in [0.15, 0.2) is 30.6 Å². The molecule has 0 spiro atoms. The Balaban J connectivity index is 1.49. The summed E-state index contributed by atoms with van der Waals surface area (Å²) in [6.07, 6.45) is 7.71. The van der Waals surface area contributed by atoms with Crippen LogP contribution in [0.25, 0.3) is 0 Å². The predicted octanol–water partition coefficient (Wildman–Crippen LogP) is 1.50. The lowest BCUT2D eigenvalue weighted by Gasteiger charge is -2.26. The second kappa shape index (κ2) is 11.2.